The number of thiophene rings is 2. The SMILES string of the molecule is CCN(CC)C(=O)c1sc(NC(=O)c2cccs2)c(C(=O)OC)c1C. The molecule has 2 rings (SSSR count). The van der Waals surface area contributed by atoms with Crippen LogP contribution in [0.2, 0.25) is 0 Å². The third-order valence-electron chi connectivity index (χ3n) is 3.75. The quantitative estimate of drug-likeness (QED) is 0.777. The zero-order chi connectivity index (χ0) is 18.6. The van der Waals surface area contributed by atoms with Crippen LogP contribution in [0.1, 0.15) is 49.1 Å². The van der Waals surface area contributed by atoms with Gasteiger partial charge >= 0.3 is 5.97 Å². The minimum Gasteiger partial charge on any atom is -0.465 e. The molecule has 25 heavy (non-hydrogen) atoms. The van der Waals surface area contributed by atoms with Crippen LogP contribution in [-0.4, -0.2) is 42.9 Å². The first-order valence-electron chi connectivity index (χ1n) is 7.80. The summed E-state index contributed by atoms with van der Waals surface area (Å²) in [5.74, 6) is -1.05. The van der Waals surface area contributed by atoms with Crippen LogP contribution >= 0.6 is 22.7 Å². The zero-order valence-electron chi connectivity index (χ0n) is 14.5. The fraction of sp³-hybridized carbons (Fsp3) is 0.353. The first-order chi connectivity index (χ1) is 11.9. The van der Waals surface area contributed by atoms with E-state index < -0.39 is 5.97 Å². The number of hydrogen-bond donors (Lipinski definition) is 1. The van der Waals surface area contributed by atoms with Crippen molar-refractivity contribution in [2.75, 3.05) is 25.5 Å². The van der Waals surface area contributed by atoms with Gasteiger partial charge < -0.3 is 15.0 Å². The standard InChI is InChI=1S/C17H20N2O4S2/c1-5-19(6-2)16(21)13-10(3)12(17(22)23-4)15(25-13)18-14(20)11-8-7-9-24-11/h7-9H,5-6H2,1-4H3,(H,18,20). The van der Waals surface area contributed by atoms with Gasteiger partial charge in [0.15, 0.2) is 0 Å². The molecule has 0 saturated heterocycles. The van der Waals surface area contributed by atoms with Gasteiger partial charge in [-0.05, 0) is 37.8 Å². The summed E-state index contributed by atoms with van der Waals surface area (Å²) < 4.78 is 4.83. The maximum atomic E-state index is 12.7. The molecule has 0 atom stereocenters. The van der Waals surface area contributed by atoms with E-state index in [1.54, 1.807) is 29.3 Å². The van der Waals surface area contributed by atoms with Crippen LogP contribution in [0, 0.1) is 6.92 Å². The van der Waals surface area contributed by atoms with Gasteiger partial charge in [-0.3, -0.25) is 9.59 Å². The normalized spacial score (nSPS) is 10.4. The Morgan fingerprint density at radius 3 is 2.44 bits per heavy atom. The van der Waals surface area contributed by atoms with Gasteiger partial charge in [-0.1, -0.05) is 6.07 Å². The molecule has 1 N–H and O–H groups in total. The largest absolute Gasteiger partial charge is 0.465 e. The van der Waals surface area contributed by atoms with Crippen LogP contribution in [0.3, 0.4) is 0 Å². The first kappa shape index (κ1) is 19.1. The highest BCUT2D eigenvalue weighted by Crippen LogP contribution is 2.35. The fourth-order valence-corrected chi connectivity index (χ4v) is 4.16. The Bertz CT molecular complexity index is 777. The van der Waals surface area contributed by atoms with Gasteiger partial charge in [0.2, 0.25) is 0 Å². The Labute approximate surface area is 154 Å². The molecule has 0 spiro atoms. The molecule has 2 amide bonds. The predicted molar refractivity (Wildman–Crippen MR) is 99.9 cm³/mol. The number of amides is 2. The molecule has 0 radical (unpaired) electrons. The highest BCUT2D eigenvalue weighted by atomic mass is 32.1. The van der Waals surface area contributed by atoms with Gasteiger partial charge in [0.25, 0.3) is 11.8 Å². The molecule has 2 aromatic heterocycles. The van der Waals surface area contributed by atoms with Crippen molar-refractivity contribution >= 4 is 45.5 Å². The molecule has 2 heterocycles. The van der Waals surface area contributed by atoms with Crippen molar-refractivity contribution in [2.45, 2.75) is 20.8 Å². The molecule has 0 aliphatic rings. The molecule has 0 bridgehead atoms. The highest BCUT2D eigenvalue weighted by molar-refractivity contribution is 7.19. The van der Waals surface area contributed by atoms with E-state index >= 15 is 0 Å². The molecular formula is C17H20N2O4S2. The topological polar surface area (TPSA) is 75.7 Å². The maximum Gasteiger partial charge on any atom is 0.341 e. The predicted octanol–water partition coefficient (Wildman–Crippen LogP) is 3.64. The average molecular weight is 380 g/mol. The molecule has 8 heteroatoms. The summed E-state index contributed by atoms with van der Waals surface area (Å²) in [5.41, 5.74) is 0.753. The van der Waals surface area contributed by atoms with E-state index in [1.807, 2.05) is 13.8 Å². The monoisotopic (exact) mass is 380 g/mol. The second kappa shape index (κ2) is 8.26. The summed E-state index contributed by atoms with van der Waals surface area (Å²) in [6, 6.07) is 3.47. The molecular weight excluding hydrogens is 360 g/mol. The van der Waals surface area contributed by atoms with E-state index in [9.17, 15) is 14.4 Å². The van der Waals surface area contributed by atoms with Crippen LogP contribution in [0.5, 0.6) is 0 Å². The molecule has 0 unspecified atom stereocenters. The lowest BCUT2D eigenvalue weighted by molar-refractivity contribution is 0.0601. The summed E-state index contributed by atoms with van der Waals surface area (Å²) in [6.45, 7) is 6.62. The van der Waals surface area contributed by atoms with Crippen molar-refractivity contribution in [1.29, 1.82) is 0 Å². The molecule has 0 aliphatic heterocycles. The smallest absolute Gasteiger partial charge is 0.341 e. The van der Waals surface area contributed by atoms with Crippen LogP contribution in [0.25, 0.3) is 0 Å². The van der Waals surface area contributed by atoms with Gasteiger partial charge in [-0.25, -0.2) is 4.79 Å². The van der Waals surface area contributed by atoms with Crippen LogP contribution in [-0.2, 0) is 4.74 Å². The van der Waals surface area contributed by atoms with E-state index in [0.29, 0.717) is 33.4 Å². The number of hydrogen-bond acceptors (Lipinski definition) is 6. The summed E-state index contributed by atoms with van der Waals surface area (Å²) in [7, 11) is 1.27. The Morgan fingerprint density at radius 2 is 1.92 bits per heavy atom. The molecule has 2 aromatic rings. The lowest BCUT2D eigenvalue weighted by Crippen LogP contribution is -2.30. The van der Waals surface area contributed by atoms with Crippen molar-refractivity contribution in [3.05, 3.63) is 38.4 Å². The van der Waals surface area contributed by atoms with E-state index in [1.165, 1.54) is 18.4 Å². The van der Waals surface area contributed by atoms with Crippen molar-refractivity contribution in [1.82, 2.24) is 4.90 Å². The lowest BCUT2D eigenvalue weighted by Gasteiger charge is -2.17. The van der Waals surface area contributed by atoms with Gasteiger partial charge in [0.05, 0.1) is 22.4 Å². The van der Waals surface area contributed by atoms with Crippen molar-refractivity contribution in [3.63, 3.8) is 0 Å². The van der Waals surface area contributed by atoms with Gasteiger partial charge in [-0.2, -0.15) is 0 Å². The number of nitrogens with zero attached hydrogens (tertiary/aromatic N) is 1. The Kier molecular flexibility index (Phi) is 6.33. The minimum absolute atomic E-state index is 0.158. The number of esters is 1. The van der Waals surface area contributed by atoms with Crippen LogP contribution in [0.15, 0.2) is 17.5 Å². The lowest BCUT2D eigenvalue weighted by atomic mass is 10.1. The van der Waals surface area contributed by atoms with Crippen molar-refractivity contribution in [3.8, 4) is 0 Å². The summed E-state index contributed by atoms with van der Waals surface area (Å²) in [6.07, 6.45) is 0. The number of anilines is 1. The number of nitrogens with one attached hydrogen (secondary N) is 1. The molecule has 0 aliphatic carbocycles. The minimum atomic E-state index is -0.575. The van der Waals surface area contributed by atoms with Gasteiger partial charge in [0, 0.05) is 13.1 Å². The molecule has 0 saturated carbocycles. The Hall–Kier alpha value is -2.19. The van der Waals surface area contributed by atoms with E-state index in [2.05, 4.69) is 5.32 Å². The Balaban J connectivity index is 2.44. The first-order valence-corrected chi connectivity index (χ1v) is 9.49. The average Bonchev–Trinajstić information content (AvgIpc) is 3.23. The number of carbonyl (C=O) groups is 3. The van der Waals surface area contributed by atoms with E-state index in [4.69, 9.17) is 4.74 Å². The maximum absolute atomic E-state index is 12.7. The van der Waals surface area contributed by atoms with Crippen LogP contribution < -0.4 is 5.32 Å². The zero-order valence-corrected chi connectivity index (χ0v) is 16.2. The number of methoxy groups -OCH3 is 1. The molecule has 0 aromatic carbocycles. The molecule has 0 fully saturated rings. The summed E-state index contributed by atoms with van der Waals surface area (Å²) in [4.78, 5) is 39.8. The van der Waals surface area contributed by atoms with Gasteiger partial charge in [-0.15, -0.1) is 22.7 Å². The summed E-state index contributed by atoms with van der Waals surface area (Å²) in [5, 5.41) is 4.87. The Morgan fingerprint density at radius 1 is 1.24 bits per heavy atom. The third kappa shape index (κ3) is 3.91. The van der Waals surface area contributed by atoms with Gasteiger partial charge in [0.1, 0.15) is 5.00 Å². The second-order valence-electron chi connectivity index (χ2n) is 5.16. The van der Waals surface area contributed by atoms with E-state index in [-0.39, 0.29) is 17.4 Å². The molecule has 134 valence electrons. The number of ether oxygens (including phenoxy) is 1. The fourth-order valence-electron chi connectivity index (χ4n) is 2.38. The number of rotatable bonds is 6. The highest BCUT2D eigenvalue weighted by Gasteiger charge is 2.28. The second-order valence-corrected chi connectivity index (χ2v) is 7.13. The van der Waals surface area contributed by atoms with Crippen molar-refractivity contribution in [2.24, 2.45) is 0 Å². The van der Waals surface area contributed by atoms with Crippen LogP contribution in [0.4, 0.5) is 5.00 Å². The van der Waals surface area contributed by atoms with Crippen molar-refractivity contribution < 1.29 is 19.1 Å². The van der Waals surface area contributed by atoms with E-state index in [0.717, 1.165) is 11.3 Å². The third-order valence-corrected chi connectivity index (χ3v) is 5.82. The summed E-state index contributed by atoms with van der Waals surface area (Å²) >= 11 is 2.40. The molecule has 6 nitrogen and oxygen atoms in total. The number of carbonyl (C=O) groups excluding carboxylic acids is 3.